The minimum Gasteiger partial charge on any atom is -0.508 e. The quantitative estimate of drug-likeness (QED) is 0.356. The number of phenolic OH excluding ortho intramolecular Hbond substituents is 1. The average Bonchev–Trinajstić information content (AvgIpc) is 3.52. The zero-order valence-electron chi connectivity index (χ0n) is 20.5. The minimum atomic E-state index is 0. The second kappa shape index (κ2) is 11.2. The number of halogens is 2. The van der Waals surface area contributed by atoms with E-state index in [0.29, 0.717) is 34.0 Å². The van der Waals surface area contributed by atoms with Gasteiger partial charge in [-0.2, -0.15) is 4.98 Å². The van der Waals surface area contributed by atoms with Gasteiger partial charge in [0.1, 0.15) is 11.5 Å². The summed E-state index contributed by atoms with van der Waals surface area (Å²) in [6, 6.07) is 16.2. The lowest BCUT2D eigenvalue weighted by Crippen LogP contribution is -2.36. The van der Waals surface area contributed by atoms with Crippen LogP contribution in [0.15, 0.2) is 60.8 Å². The normalized spacial score (nSPS) is 15.1. The number of phenols is 1. The standard InChI is InChI=1S/C26H27ClN6O3.ClH/c1-31(2)19-11-12-32(15-19)25(35)16-36-21-7-4-18(5-8-21)28-26-29-24-10-3-17(14-33(24)30-26)22-13-20(34)6-9-23(22)27;/h3-10,13-14,19,34H,11-12,15-16H2,1-2H3,(H,28,30);1H/t19-;/m1./s1. The number of benzene rings is 2. The van der Waals surface area contributed by atoms with E-state index in [4.69, 9.17) is 16.3 Å². The van der Waals surface area contributed by atoms with Gasteiger partial charge < -0.3 is 25.0 Å². The molecule has 1 aliphatic rings. The van der Waals surface area contributed by atoms with E-state index in [1.54, 1.807) is 34.8 Å². The van der Waals surface area contributed by atoms with E-state index in [1.165, 1.54) is 0 Å². The first-order chi connectivity index (χ1) is 17.4. The third-order valence-corrected chi connectivity index (χ3v) is 6.64. The molecule has 0 unspecified atom stereocenters. The summed E-state index contributed by atoms with van der Waals surface area (Å²) in [5, 5.41) is 18.0. The molecule has 0 radical (unpaired) electrons. The molecule has 194 valence electrons. The van der Waals surface area contributed by atoms with Crippen LogP contribution >= 0.6 is 24.0 Å². The zero-order chi connectivity index (χ0) is 25.2. The second-order valence-electron chi connectivity index (χ2n) is 9.00. The molecule has 1 atom stereocenters. The maximum Gasteiger partial charge on any atom is 0.260 e. The van der Waals surface area contributed by atoms with E-state index in [-0.39, 0.29) is 30.7 Å². The highest BCUT2D eigenvalue weighted by Crippen LogP contribution is 2.31. The summed E-state index contributed by atoms with van der Waals surface area (Å²) in [6.45, 7) is 1.53. The van der Waals surface area contributed by atoms with Crippen LogP contribution in [-0.4, -0.2) is 75.2 Å². The number of hydrogen-bond acceptors (Lipinski definition) is 7. The number of nitrogens with one attached hydrogen (secondary N) is 1. The Labute approximate surface area is 226 Å². The molecular formula is C26H28Cl2N6O3. The number of fused-ring (bicyclic) bond motifs is 1. The Kier molecular flexibility index (Phi) is 8.06. The lowest BCUT2D eigenvalue weighted by atomic mass is 10.1. The van der Waals surface area contributed by atoms with E-state index in [0.717, 1.165) is 30.8 Å². The molecule has 37 heavy (non-hydrogen) atoms. The van der Waals surface area contributed by atoms with Crippen molar-refractivity contribution in [1.82, 2.24) is 24.4 Å². The Hall–Kier alpha value is -3.53. The van der Waals surface area contributed by atoms with E-state index in [2.05, 4.69) is 20.3 Å². The Morgan fingerprint density at radius 1 is 1.19 bits per heavy atom. The number of pyridine rings is 1. The number of likely N-dealkylation sites (N-methyl/N-ethyl adjacent to an activating group) is 1. The molecule has 2 aromatic carbocycles. The molecule has 11 heteroatoms. The first-order valence-corrected chi connectivity index (χ1v) is 12.0. The first kappa shape index (κ1) is 26.5. The van der Waals surface area contributed by atoms with Crippen LogP contribution in [0.5, 0.6) is 11.5 Å². The smallest absolute Gasteiger partial charge is 0.260 e. The van der Waals surface area contributed by atoms with Crippen molar-refractivity contribution in [2.24, 2.45) is 0 Å². The molecule has 0 saturated carbocycles. The number of nitrogens with zero attached hydrogens (tertiary/aromatic N) is 5. The monoisotopic (exact) mass is 542 g/mol. The van der Waals surface area contributed by atoms with Crippen LogP contribution in [-0.2, 0) is 4.79 Å². The lowest BCUT2D eigenvalue weighted by molar-refractivity contribution is -0.132. The predicted molar refractivity (Wildman–Crippen MR) is 146 cm³/mol. The summed E-state index contributed by atoms with van der Waals surface area (Å²) in [4.78, 5) is 21.0. The van der Waals surface area contributed by atoms with Gasteiger partial charge in [-0.05, 0) is 75.1 Å². The fraction of sp³-hybridized carbons (Fsp3) is 0.269. The molecule has 1 aliphatic heterocycles. The molecule has 5 rings (SSSR count). The van der Waals surface area contributed by atoms with Crippen LogP contribution in [0.2, 0.25) is 5.02 Å². The van der Waals surface area contributed by atoms with Gasteiger partial charge in [-0.15, -0.1) is 17.5 Å². The van der Waals surface area contributed by atoms with Crippen molar-refractivity contribution < 1.29 is 14.6 Å². The fourth-order valence-corrected chi connectivity index (χ4v) is 4.45. The van der Waals surface area contributed by atoms with Crippen molar-refractivity contribution in [3.05, 3.63) is 65.8 Å². The van der Waals surface area contributed by atoms with E-state index in [9.17, 15) is 9.90 Å². The van der Waals surface area contributed by atoms with Gasteiger partial charge in [-0.1, -0.05) is 11.6 Å². The molecule has 0 aliphatic carbocycles. The molecule has 1 amide bonds. The van der Waals surface area contributed by atoms with Crippen LogP contribution in [0.1, 0.15) is 6.42 Å². The highest BCUT2D eigenvalue weighted by atomic mass is 35.5. The van der Waals surface area contributed by atoms with Crippen molar-refractivity contribution >= 4 is 47.2 Å². The molecule has 0 spiro atoms. The summed E-state index contributed by atoms with van der Waals surface area (Å²) in [7, 11) is 4.08. The van der Waals surface area contributed by atoms with Crippen LogP contribution in [0.4, 0.5) is 11.6 Å². The number of aromatic nitrogens is 3. The largest absolute Gasteiger partial charge is 0.508 e. The molecular weight excluding hydrogens is 515 g/mol. The second-order valence-corrected chi connectivity index (χ2v) is 9.41. The predicted octanol–water partition coefficient (Wildman–Crippen LogP) is 4.46. The third-order valence-electron chi connectivity index (χ3n) is 6.31. The van der Waals surface area contributed by atoms with Gasteiger partial charge in [0, 0.05) is 47.2 Å². The maximum absolute atomic E-state index is 12.5. The van der Waals surface area contributed by atoms with Gasteiger partial charge in [-0.25, -0.2) is 4.52 Å². The number of likely N-dealkylation sites (tertiary alicyclic amines) is 1. The Bertz CT molecular complexity index is 1390. The third kappa shape index (κ3) is 6.07. The highest BCUT2D eigenvalue weighted by Gasteiger charge is 2.27. The number of aromatic hydroxyl groups is 1. The Morgan fingerprint density at radius 2 is 1.97 bits per heavy atom. The molecule has 1 saturated heterocycles. The molecule has 9 nitrogen and oxygen atoms in total. The molecule has 1 fully saturated rings. The van der Waals surface area contributed by atoms with Crippen LogP contribution in [0.3, 0.4) is 0 Å². The molecule has 4 aromatic rings. The molecule has 0 bridgehead atoms. The number of rotatable bonds is 7. The highest BCUT2D eigenvalue weighted by molar-refractivity contribution is 6.33. The zero-order valence-corrected chi connectivity index (χ0v) is 22.0. The van der Waals surface area contributed by atoms with Gasteiger partial charge in [-0.3, -0.25) is 4.79 Å². The van der Waals surface area contributed by atoms with Gasteiger partial charge in [0.15, 0.2) is 12.3 Å². The van der Waals surface area contributed by atoms with Crippen molar-refractivity contribution in [3.8, 4) is 22.6 Å². The number of amides is 1. The van der Waals surface area contributed by atoms with Gasteiger partial charge in [0.2, 0.25) is 5.95 Å². The van der Waals surface area contributed by atoms with Crippen molar-refractivity contribution in [3.63, 3.8) is 0 Å². The van der Waals surface area contributed by atoms with Gasteiger partial charge >= 0.3 is 0 Å². The number of ether oxygens (including phenoxy) is 1. The van der Waals surface area contributed by atoms with Crippen LogP contribution < -0.4 is 10.1 Å². The molecule has 2 N–H and O–H groups in total. The number of carbonyl (C=O) groups excluding carboxylic acids is 1. The molecule has 3 heterocycles. The molecule has 2 aromatic heterocycles. The summed E-state index contributed by atoms with van der Waals surface area (Å²) in [5.41, 5.74) is 2.96. The summed E-state index contributed by atoms with van der Waals surface area (Å²) < 4.78 is 7.36. The van der Waals surface area contributed by atoms with Crippen molar-refractivity contribution in [2.45, 2.75) is 12.5 Å². The van der Waals surface area contributed by atoms with Gasteiger partial charge in [0.05, 0.1) is 0 Å². The number of carbonyl (C=O) groups is 1. The van der Waals surface area contributed by atoms with Crippen molar-refractivity contribution in [2.75, 3.05) is 39.1 Å². The number of hydrogen-bond donors (Lipinski definition) is 2. The Balaban J connectivity index is 0.00000320. The van der Waals surface area contributed by atoms with Crippen molar-refractivity contribution in [1.29, 1.82) is 0 Å². The van der Waals surface area contributed by atoms with Crippen LogP contribution in [0, 0.1) is 0 Å². The summed E-state index contributed by atoms with van der Waals surface area (Å²) in [5.74, 6) is 1.19. The minimum absolute atomic E-state index is 0. The van der Waals surface area contributed by atoms with E-state index < -0.39 is 0 Å². The summed E-state index contributed by atoms with van der Waals surface area (Å²) >= 11 is 6.30. The Morgan fingerprint density at radius 3 is 2.70 bits per heavy atom. The van der Waals surface area contributed by atoms with E-state index >= 15 is 0 Å². The summed E-state index contributed by atoms with van der Waals surface area (Å²) in [6.07, 6.45) is 2.80. The first-order valence-electron chi connectivity index (χ1n) is 11.6. The van der Waals surface area contributed by atoms with Gasteiger partial charge in [0.25, 0.3) is 5.91 Å². The maximum atomic E-state index is 12.5. The average molecular weight is 543 g/mol. The van der Waals surface area contributed by atoms with E-state index in [1.807, 2.05) is 49.5 Å². The number of anilines is 2. The fourth-order valence-electron chi connectivity index (χ4n) is 4.22. The SMILES string of the molecule is CN(C)[C@@H]1CCN(C(=O)COc2ccc(Nc3nc4ccc(-c5cc(O)ccc5Cl)cn4n3)cc2)C1.Cl. The van der Waals surface area contributed by atoms with Crippen LogP contribution in [0.25, 0.3) is 16.8 Å². The topological polar surface area (TPSA) is 95.2 Å². The lowest BCUT2D eigenvalue weighted by Gasteiger charge is -2.20.